The van der Waals surface area contributed by atoms with Crippen LogP contribution in [0, 0.1) is 6.92 Å². The van der Waals surface area contributed by atoms with Crippen LogP contribution in [0.3, 0.4) is 0 Å². The summed E-state index contributed by atoms with van der Waals surface area (Å²) in [5, 5.41) is 0. The van der Waals surface area contributed by atoms with Crippen molar-refractivity contribution in [2.24, 2.45) is 0 Å². The molecule has 2 atom stereocenters. The maximum Gasteiger partial charge on any atom is 0.243 e. The number of rotatable bonds is 3. The van der Waals surface area contributed by atoms with Gasteiger partial charge in [0.2, 0.25) is 5.91 Å². The fourth-order valence-electron chi connectivity index (χ4n) is 4.18. The van der Waals surface area contributed by atoms with E-state index in [0.717, 1.165) is 42.1 Å². The lowest BCUT2D eigenvalue weighted by Gasteiger charge is -2.56. The molecule has 2 unspecified atom stereocenters. The first-order chi connectivity index (χ1) is 12.7. The van der Waals surface area contributed by atoms with E-state index in [0.29, 0.717) is 6.54 Å². The van der Waals surface area contributed by atoms with E-state index in [-0.39, 0.29) is 18.0 Å². The summed E-state index contributed by atoms with van der Waals surface area (Å²) in [4.78, 5) is 30.1. The van der Waals surface area contributed by atoms with Crippen LogP contribution in [0.15, 0.2) is 43.0 Å². The largest absolute Gasteiger partial charge is 0.352 e. The van der Waals surface area contributed by atoms with Crippen LogP contribution in [0.25, 0.3) is 11.0 Å². The molecular weight excluding hydrogens is 328 g/mol. The second kappa shape index (κ2) is 5.79. The van der Waals surface area contributed by atoms with E-state index in [2.05, 4.69) is 24.8 Å². The second-order valence-electron chi connectivity index (χ2n) is 7.13. The Morgan fingerprint density at radius 1 is 1.15 bits per heavy atom. The Hall–Kier alpha value is -2.96. The molecule has 132 valence electrons. The van der Waals surface area contributed by atoms with Crippen LogP contribution >= 0.6 is 0 Å². The van der Waals surface area contributed by atoms with Gasteiger partial charge in [0.05, 0.1) is 29.4 Å². The molecule has 7 heteroatoms. The molecule has 0 N–H and O–H groups in total. The van der Waals surface area contributed by atoms with Crippen LogP contribution in [0.4, 0.5) is 5.82 Å². The van der Waals surface area contributed by atoms with Crippen molar-refractivity contribution in [3.05, 3.63) is 48.7 Å². The lowest BCUT2D eigenvalue weighted by atomic mass is 9.87. The normalized spacial score (nSPS) is 21.7. The van der Waals surface area contributed by atoms with E-state index in [9.17, 15) is 4.79 Å². The number of fused-ring (bicyclic) bond motifs is 3. The number of piperidine rings is 1. The van der Waals surface area contributed by atoms with Crippen LogP contribution < -0.4 is 4.90 Å². The minimum Gasteiger partial charge on any atom is -0.352 e. The van der Waals surface area contributed by atoms with Crippen LogP contribution in [-0.2, 0) is 11.3 Å². The summed E-state index contributed by atoms with van der Waals surface area (Å²) < 4.78 is 1.94. The quantitative estimate of drug-likeness (QED) is 0.720. The number of aryl methyl sites for hydroxylation is 1. The van der Waals surface area contributed by atoms with Crippen LogP contribution in [0.2, 0.25) is 0 Å². The van der Waals surface area contributed by atoms with Crippen LogP contribution in [0.1, 0.15) is 12.1 Å². The first kappa shape index (κ1) is 15.3. The minimum absolute atomic E-state index is 0.174. The number of amides is 1. The summed E-state index contributed by atoms with van der Waals surface area (Å²) in [6.45, 7) is 3.99. The van der Waals surface area contributed by atoms with Gasteiger partial charge in [-0.25, -0.2) is 15.0 Å². The molecule has 0 spiro atoms. The molecule has 5 heterocycles. The van der Waals surface area contributed by atoms with Gasteiger partial charge in [0.1, 0.15) is 18.7 Å². The number of para-hydroxylation sites is 2. The highest BCUT2D eigenvalue weighted by Crippen LogP contribution is 2.34. The van der Waals surface area contributed by atoms with Crippen molar-refractivity contribution in [2.75, 3.05) is 18.0 Å². The smallest absolute Gasteiger partial charge is 0.243 e. The van der Waals surface area contributed by atoms with Crippen molar-refractivity contribution in [1.82, 2.24) is 24.4 Å². The molecular formula is C19H20N6O. The van der Waals surface area contributed by atoms with E-state index < -0.39 is 0 Å². The van der Waals surface area contributed by atoms with Crippen molar-refractivity contribution in [1.29, 1.82) is 0 Å². The Morgan fingerprint density at radius 2 is 1.96 bits per heavy atom. The molecule has 0 aliphatic carbocycles. The molecule has 26 heavy (non-hydrogen) atoms. The zero-order valence-electron chi connectivity index (χ0n) is 14.6. The van der Waals surface area contributed by atoms with Gasteiger partial charge in [0.15, 0.2) is 0 Å². The fourth-order valence-corrected chi connectivity index (χ4v) is 4.18. The molecule has 1 amide bonds. The summed E-state index contributed by atoms with van der Waals surface area (Å²) in [5.41, 5.74) is 2.90. The lowest BCUT2D eigenvalue weighted by Crippen LogP contribution is -2.70. The van der Waals surface area contributed by atoms with Crippen molar-refractivity contribution in [3.8, 4) is 0 Å². The third-order valence-corrected chi connectivity index (χ3v) is 5.43. The van der Waals surface area contributed by atoms with E-state index in [1.807, 2.05) is 41.8 Å². The second-order valence-corrected chi connectivity index (χ2v) is 7.13. The van der Waals surface area contributed by atoms with Crippen molar-refractivity contribution >= 4 is 22.8 Å². The number of carbonyl (C=O) groups excluding carboxylic acids is 1. The van der Waals surface area contributed by atoms with E-state index in [1.165, 1.54) is 0 Å². The summed E-state index contributed by atoms with van der Waals surface area (Å²) >= 11 is 0. The maximum absolute atomic E-state index is 12.9. The minimum atomic E-state index is 0.174. The first-order valence-corrected chi connectivity index (χ1v) is 8.93. The molecule has 3 aliphatic rings. The molecule has 6 rings (SSSR count). The van der Waals surface area contributed by atoms with Gasteiger partial charge in [-0.3, -0.25) is 4.79 Å². The Labute approximate surface area is 151 Å². The fraction of sp³-hybridized carbons (Fsp3) is 0.368. The summed E-state index contributed by atoms with van der Waals surface area (Å²) in [5.74, 6) is 1.13. The average Bonchev–Trinajstić information content (AvgIpc) is 3.05. The summed E-state index contributed by atoms with van der Waals surface area (Å²) in [7, 11) is 0. The van der Waals surface area contributed by atoms with Gasteiger partial charge >= 0.3 is 0 Å². The highest BCUT2D eigenvalue weighted by atomic mass is 16.2. The molecule has 3 aliphatic heterocycles. The Bertz CT molecular complexity index is 971. The highest BCUT2D eigenvalue weighted by Gasteiger charge is 2.47. The van der Waals surface area contributed by atoms with E-state index in [4.69, 9.17) is 0 Å². The molecule has 3 saturated heterocycles. The number of piperazine rings is 1. The van der Waals surface area contributed by atoms with E-state index in [1.54, 1.807) is 12.7 Å². The zero-order chi connectivity index (χ0) is 17.7. The Morgan fingerprint density at radius 3 is 2.77 bits per heavy atom. The standard InChI is InChI=1S/C19H20N6O/c1-13-6-18(21-11-20-13)23-8-14-7-15(9-23)25(14)19(26)10-24-12-22-16-4-2-3-5-17(16)24/h2-6,11-12,14-15H,7-10H2,1H3. The van der Waals surface area contributed by atoms with Gasteiger partial charge in [0.25, 0.3) is 0 Å². The molecule has 0 radical (unpaired) electrons. The van der Waals surface area contributed by atoms with Crippen molar-refractivity contribution in [3.63, 3.8) is 0 Å². The number of carbonyl (C=O) groups is 1. The van der Waals surface area contributed by atoms with E-state index >= 15 is 0 Å². The predicted molar refractivity (Wildman–Crippen MR) is 97.8 cm³/mol. The maximum atomic E-state index is 12.9. The Kier molecular flexibility index (Phi) is 3.41. The zero-order valence-corrected chi connectivity index (χ0v) is 14.6. The number of nitrogens with zero attached hydrogens (tertiary/aromatic N) is 6. The van der Waals surface area contributed by atoms with Gasteiger partial charge in [0, 0.05) is 24.8 Å². The van der Waals surface area contributed by atoms with Crippen LogP contribution in [0.5, 0.6) is 0 Å². The first-order valence-electron chi connectivity index (χ1n) is 8.93. The third kappa shape index (κ3) is 2.42. The molecule has 3 fully saturated rings. The predicted octanol–water partition coefficient (Wildman–Crippen LogP) is 1.62. The number of imidazole rings is 1. The molecule has 3 aromatic rings. The highest BCUT2D eigenvalue weighted by molar-refractivity contribution is 5.82. The molecule has 2 aromatic heterocycles. The van der Waals surface area contributed by atoms with Gasteiger partial charge in [-0.15, -0.1) is 0 Å². The number of anilines is 1. The topological polar surface area (TPSA) is 67.2 Å². The molecule has 2 bridgehead atoms. The Balaban J connectivity index is 1.30. The van der Waals surface area contributed by atoms with Gasteiger partial charge in [-0.2, -0.15) is 0 Å². The van der Waals surface area contributed by atoms with Crippen molar-refractivity contribution in [2.45, 2.75) is 32.0 Å². The molecule has 1 aromatic carbocycles. The van der Waals surface area contributed by atoms with Gasteiger partial charge < -0.3 is 14.4 Å². The number of hydrogen-bond acceptors (Lipinski definition) is 5. The number of benzene rings is 1. The summed E-state index contributed by atoms with van der Waals surface area (Å²) in [6.07, 6.45) is 4.45. The lowest BCUT2D eigenvalue weighted by molar-refractivity contribution is -0.146. The average molecular weight is 348 g/mol. The van der Waals surface area contributed by atoms with Crippen molar-refractivity contribution < 1.29 is 4.79 Å². The monoisotopic (exact) mass is 348 g/mol. The van der Waals surface area contributed by atoms with Crippen LogP contribution in [-0.4, -0.2) is 55.5 Å². The van der Waals surface area contributed by atoms with Gasteiger partial charge in [-0.05, 0) is 25.5 Å². The number of hydrogen-bond donors (Lipinski definition) is 0. The molecule has 0 saturated carbocycles. The molecule has 7 nitrogen and oxygen atoms in total. The number of aromatic nitrogens is 4. The SMILES string of the molecule is Cc1cc(N2CC3CC(C2)N3C(=O)Cn2cnc3ccccc32)ncn1. The summed E-state index contributed by atoms with van der Waals surface area (Å²) in [6, 6.07) is 10.5. The third-order valence-electron chi connectivity index (χ3n) is 5.43. The van der Waals surface area contributed by atoms with Gasteiger partial charge in [-0.1, -0.05) is 12.1 Å².